The number of pyridine rings is 1. The Morgan fingerprint density at radius 3 is 3.00 bits per heavy atom. The lowest BCUT2D eigenvalue weighted by molar-refractivity contribution is 0.0690. The highest BCUT2D eigenvalue weighted by molar-refractivity contribution is 7.84. The van der Waals surface area contributed by atoms with Gasteiger partial charge in [0.25, 0.3) is 0 Å². The van der Waals surface area contributed by atoms with Gasteiger partial charge in [0.1, 0.15) is 5.65 Å². The molecular formula is C12H15N3O3S. The monoisotopic (exact) mass is 281 g/mol. The molecule has 19 heavy (non-hydrogen) atoms. The maximum atomic E-state index is 11.3. The zero-order valence-electron chi connectivity index (χ0n) is 10.5. The number of carboxylic acids is 1. The number of carboxylic acid groups (broad SMARTS) is 1. The number of hydrogen-bond acceptors (Lipinski definition) is 4. The fraction of sp³-hybridized carbons (Fsp3) is 0.333. The normalized spacial score (nSPS) is 12.5. The number of rotatable bonds is 6. The Bertz CT molecular complexity index is 624. The number of anilines is 1. The molecule has 0 spiro atoms. The third kappa shape index (κ3) is 2.93. The first kappa shape index (κ1) is 13.5. The Morgan fingerprint density at radius 2 is 2.32 bits per heavy atom. The molecule has 2 heterocycles. The molecule has 0 aliphatic heterocycles. The van der Waals surface area contributed by atoms with Crippen LogP contribution in [0, 0.1) is 0 Å². The summed E-state index contributed by atoms with van der Waals surface area (Å²) < 4.78 is 12.8. The maximum absolute atomic E-state index is 11.3. The van der Waals surface area contributed by atoms with Crippen LogP contribution in [0.25, 0.3) is 5.65 Å². The largest absolute Gasteiger partial charge is 0.476 e. The van der Waals surface area contributed by atoms with Crippen molar-refractivity contribution in [2.75, 3.05) is 23.4 Å². The summed E-state index contributed by atoms with van der Waals surface area (Å²) >= 11 is 0. The van der Waals surface area contributed by atoms with Crippen LogP contribution in [0.4, 0.5) is 5.82 Å². The molecule has 0 radical (unpaired) electrons. The quantitative estimate of drug-likeness (QED) is 0.831. The lowest BCUT2D eigenvalue weighted by atomic mass is 10.4. The van der Waals surface area contributed by atoms with Gasteiger partial charge in [-0.3, -0.25) is 8.61 Å². The van der Waals surface area contributed by atoms with E-state index in [0.717, 1.165) is 0 Å². The third-order valence-electron chi connectivity index (χ3n) is 2.68. The molecule has 2 rings (SSSR count). The average molecular weight is 281 g/mol. The van der Waals surface area contributed by atoms with Gasteiger partial charge in [-0.05, 0) is 12.1 Å². The lowest BCUT2D eigenvalue weighted by Crippen LogP contribution is -2.14. The lowest BCUT2D eigenvalue weighted by Gasteiger charge is -2.03. The van der Waals surface area contributed by atoms with E-state index in [1.165, 1.54) is 4.40 Å². The highest BCUT2D eigenvalue weighted by Crippen LogP contribution is 2.17. The average Bonchev–Trinajstić information content (AvgIpc) is 2.76. The van der Waals surface area contributed by atoms with Crippen molar-refractivity contribution < 1.29 is 14.1 Å². The van der Waals surface area contributed by atoms with Gasteiger partial charge < -0.3 is 10.4 Å². The molecule has 102 valence electrons. The van der Waals surface area contributed by atoms with Gasteiger partial charge in [-0.2, -0.15) is 0 Å². The van der Waals surface area contributed by atoms with E-state index in [-0.39, 0.29) is 5.69 Å². The summed E-state index contributed by atoms with van der Waals surface area (Å²) in [6.45, 7) is 2.29. The maximum Gasteiger partial charge on any atom is 0.356 e. The minimum atomic E-state index is -1.04. The smallest absolute Gasteiger partial charge is 0.356 e. The molecule has 0 aliphatic rings. The first-order chi connectivity index (χ1) is 9.13. The molecule has 0 aromatic carbocycles. The van der Waals surface area contributed by atoms with Crippen LogP contribution in [0.1, 0.15) is 17.4 Å². The van der Waals surface area contributed by atoms with E-state index in [2.05, 4.69) is 10.3 Å². The van der Waals surface area contributed by atoms with Crippen LogP contribution in [0.5, 0.6) is 0 Å². The third-order valence-corrected chi connectivity index (χ3v) is 3.98. The van der Waals surface area contributed by atoms with E-state index in [4.69, 9.17) is 0 Å². The van der Waals surface area contributed by atoms with Crippen molar-refractivity contribution in [1.29, 1.82) is 0 Å². The molecule has 0 saturated carbocycles. The Hall–Kier alpha value is -1.89. The van der Waals surface area contributed by atoms with E-state index < -0.39 is 16.8 Å². The van der Waals surface area contributed by atoms with Crippen LogP contribution in [0.3, 0.4) is 0 Å². The summed E-state index contributed by atoms with van der Waals surface area (Å²) in [5, 5.41) is 12.2. The number of nitrogens with zero attached hydrogens (tertiary/aromatic N) is 2. The van der Waals surface area contributed by atoms with Crippen LogP contribution in [0.15, 0.2) is 24.4 Å². The highest BCUT2D eigenvalue weighted by atomic mass is 32.2. The Morgan fingerprint density at radius 1 is 1.53 bits per heavy atom. The van der Waals surface area contributed by atoms with Gasteiger partial charge in [-0.25, -0.2) is 9.78 Å². The molecule has 0 amide bonds. The summed E-state index contributed by atoms with van der Waals surface area (Å²) in [6.07, 6.45) is 1.65. The summed E-state index contributed by atoms with van der Waals surface area (Å²) in [5.74, 6) is 0.340. The van der Waals surface area contributed by atoms with Crippen molar-refractivity contribution >= 4 is 28.2 Å². The molecule has 2 aromatic heterocycles. The molecule has 1 atom stereocenters. The Labute approximate surface area is 112 Å². The van der Waals surface area contributed by atoms with E-state index in [9.17, 15) is 14.1 Å². The predicted molar refractivity (Wildman–Crippen MR) is 74.2 cm³/mol. The van der Waals surface area contributed by atoms with E-state index in [1.54, 1.807) is 24.4 Å². The predicted octanol–water partition coefficient (Wildman–Crippen LogP) is 1.21. The van der Waals surface area contributed by atoms with Crippen LogP contribution in [0.2, 0.25) is 0 Å². The second kappa shape index (κ2) is 5.83. The van der Waals surface area contributed by atoms with Gasteiger partial charge in [0, 0.05) is 35.0 Å². The molecule has 0 fully saturated rings. The highest BCUT2D eigenvalue weighted by Gasteiger charge is 2.17. The number of imidazole rings is 1. The first-order valence-corrected chi connectivity index (χ1v) is 7.41. The molecule has 6 nitrogen and oxygen atoms in total. The number of aromatic carboxylic acids is 1. The molecular weight excluding hydrogens is 266 g/mol. The fourth-order valence-electron chi connectivity index (χ4n) is 1.75. The zero-order valence-corrected chi connectivity index (χ0v) is 11.3. The van der Waals surface area contributed by atoms with Crippen LogP contribution >= 0.6 is 0 Å². The fourth-order valence-corrected chi connectivity index (χ4v) is 2.37. The number of carbonyl (C=O) groups is 1. The van der Waals surface area contributed by atoms with E-state index >= 15 is 0 Å². The van der Waals surface area contributed by atoms with Crippen LogP contribution in [-0.4, -0.2) is 42.7 Å². The summed E-state index contributed by atoms with van der Waals surface area (Å²) in [7, 11) is -0.880. The summed E-state index contributed by atoms with van der Waals surface area (Å²) in [4.78, 5) is 15.5. The molecule has 1 unspecified atom stereocenters. The van der Waals surface area contributed by atoms with Crippen molar-refractivity contribution in [2.24, 2.45) is 0 Å². The van der Waals surface area contributed by atoms with Gasteiger partial charge in [0.05, 0.1) is 0 Å². The summed E-state index contributed by atoms with van der Waals surface area (Å²) in [5.41, 5.74) is 0.664. The van der Waals surface area contributed by atoms with Crippen molar-refractivity contribution in [2.45, 2.75) is 6.92 Å². The molecule has 0 bridgehead atoms. The van der Waals surface area contributed by atoms with Crippen molar-refractivity contribution in [3.05, 3.63) is 30.1 Å². The second-order valence-electron chi connectivity index (χ2n) is 3.90. The topological polar surface area (TPSA) is 83.7 Å². The van der Waals surface area contributed by atoms with Crippen molar-refractivity contribution in [1.82, 2.24) is 9.38 Å². The minimum Gasteiger partial charge on any atom is -0.476 e. The van der Waals surface area contributed by atoms with Gasteiger partial charge in [0.15, 0.2) is 11.5 Å². The zero-order chi connectivity index (χ0) is 13.8. The number of hydrogen-bond donors (Lipinski definition) is 2. The number of fused-ring (bicyclic) bond motifs is 1. The standard InChI is InChI=1S/C12H15N3O3S/c1-2-19(18)8-6-13-11-10(12(16)17)15-7-4-3-5-9(15)14-11/h3-5,7,13H,2,6,8H2,1H3,(H,16,17). The SMILES string of the molecule is CCS(=O)CCNc1nc2ccccn2c1C(=O)O. The molecule has 0 aliphatic carbocycles. The van der Waals surface area contributed by atoms with Gasteiger partial charge in [0.2, 0.25) is 0 Å². The van der Waals surface area contributed by atoms with Crippen LogP contribution in [-0.2, 0) is 10.8 Å². The summed E-state index contributed by atoms with van der Waals surface area (Å²) in [6, 6.07) is 5.28. The van der Waals surface area contributed by atoms with E-state index in [1.807, 2.05) is 6.92 Å². The van der Waals surface area contributed by atoms with E-state index in [0.29, 0.717) is 29.5 Å². The van der Waals surface area contributed by atoms with Gasteiger partial charge in [-0.1, -0.05) is 13.0 Å². The minimum absolute atomic E-state index is 0.0953. The second-order valence-corrected chi connectivity index (χ2v) is 5.77. The number of aromatic nitrogens is 2. The Balaban J connectivity index is 2.24. The molecule has 0 saturated heterocycles. The van der Waals surface area contributed by atoms with Crippen molar-refractivity contribution in [3.8, 4) is 0 Å². The van der Waals surface area contributed by atoms with Gasteiger partial charge in [-0.15, -0.1) is 0 Å². The Kier molecular flexibility index (Phi) is 4.16. The molecule has 2 aromatic rings. The van der Waals surface area contributed by atoms with Crippen molar-refractivity contribution in [3.63, 3.8) is 0 Å². The molecule has 7 heteroatoms. The first-order valence-electron chi connectivity index (χ1n) is 5.92. The molecule has 2 N–H and O–H groups in total. The van der Waals surface area contributed by atoms with Gasteiger partial charge >= 0.3 is 5.97 Å². The number of nitrogens with one attached hydrogen (secondary N) is 1. The van der Waals surface area contributed by atoms with Crippen LogP contribution < -0.4 is 5.32 Å².